The molecule has 0 radical (unpaired) electrons. The van der Waals surface area contributed by atoms with Gasteiger partial charge in [0.25, 0.3) is 0 Å². The zero-order chi connectivity index (χ0) is 13.7. The van der Waals surface area contributed by atoms with Crippen molar-refractivity contribution < 1.29 is 9.53 Å². The second kappa shape index (κ2) is 6.95. The van der Waals surface area contributed by atoms with Crippen LogP contribution in [0.3, 0.4) is 0 Å². The number of thioether (sulfide) groups is 1. The third kappa shape index (κ3) is 3.86. The van der Waals surface area contributed by atoms with E-state index < -0.39 is 5.54 Å². The number of carbonyl (C=O) groups is 1. The topological polar surface area (TPSA) is 64.3 Å². The van der Waals surface area contributed by atoms with Crippen molar-refractivity contribution in [2.24, 2.45) is 11.7 Å². The molecule has 1 atom stereocenters. The van der Waals surface area contributed by atoms with Crippen LogP contribution in [0.4, 0.5) is 0 Å². The summed E-state index contributed by atoms with van der Waals surface area (Å²) in [7, 11) is 0. The van der Waals surface area contributed by atoms with Crippen LogP contribution in [0.2, 0.25) is 0 Å². The number of hydrogen-bond acceptors (Lipinski definition) is 4. The van der Waals surface area contributed by atoms with Gasteiger partial charge in [0.15, 0.2) is 0 Å². The molecule has 1 amide bonds. The lowest BCUT2D eigenvalue weighted by molar-refractivity contribution is -0.124. The first-order valence-corrected chi connectivity index (χ1v) is 8.48. The molecule has 0 aromatic carbocycles. The lowest BCUT2D eigenvalue weighted by Gasteiger charge is -2.34. The number of nitrogens with two attached hydrogens (primary N) is 1. The first-order chi connectivity index (χ1) is 9.19. The van der Waals surface area contributed by atoms with E-state index in [0.717, 1.165) is 57.6 Å². The van der Waals surface area contributed by atoms with E-state index in [4.69, 9.17) is 10.5 Å². The maximum Gasteiger partial charge on any atom is 0.238 e. The maximum atomic E-state index is 12.0. The van der Waals surface area contributed by atoms with Gasteiger partial charge >= 0.3 is 0 Å². The van der Waals surface area contributed by atoms with Crippen molar-refractivity contribution in [3.8, 4) is 0 Å². The van der Waals surface area contributed by atoms with Crippen molar-refractivity contribution in [2.45, 2.75) is 49.8 Å². The molecule has 4 nitrogen and oxygen atoms in total. The largest absolute Gasteiger partial charge is 0.381 e. The monoisotopic (exact) mass is 286 g/mol. The highest BCUT2D eigenvalue weighted by atomic mass is 32.2. The minimum atomic E-state index is -0.473. The summed E-state index contributed by atoms with van der Waals surface area (Å²) in [4.78, 5) is 12.0. The van der Waals surface area contributed by atoms with E-state index >= 15 is 0 Å². The average molecular weight is 286 g/mol. The Kier molecular flexibility index (Phi) is 5.54. The van der Waals surface area contributed by atoms with Gasteiger partial charge < -0.3 is 15.8 Å². The smallest absolute Gasteiger partial charge is 0.238 e. The van der Waals surface area contributed by atoms with Crippen LogP contribution in [0.1, 0.15) is 39.0 Å². The molecule has 1 saturated heterocycles. The highest BCUT2D eigenvalue weighted by Gasteiger charge is 2.49. The van der Waals surface area contributed by atoms with E-state index in [1.165, 1.54) is 0 Å². The molecule has 5 heteroatoms. The molecule has 2 aliphatic rings. The second-order valence-electron chi connectivity index (χ2n) is 5.66. The first kappa shape index (κ1) is 15.1. The molecule has 2 fully saturated rings. The van der Waals surface area contributed by atoms with Crippen molar-refractivity contribution in [3.63, 3.8) is 0 Å². The van der Waals surface area contributed by atoms with Gasteiger partial charge in [-0.25, -0.2) is 0 Å². The summed E-state index contributed by atoms with van der Waals surface area (Å²) in [5.41, 5.74) is 5.26. The number of hydrogen-bond donors (Lipinski definition) is 2. The fourth-order valence-corrected chi connectivity index (χ4v) is 4.19. The van der Waals surface area contributed by atoms with Crippen molar-refractivity contribution >= 4 is 17.7 Å². The van der Waals surface area contributed by atoms with Crippen molar-refractivity contribution in [3.05, 3.63) is 0 Å². The summed E-state index contributed by atoms with van der Waals surface area (Å²) < 4.78 is 5.38. The average Bonchev–Trinajstić information content (AvgIpc) is 3.25. The Bertz CT molecular complexity index is 304. The predicted molar refractivity (Wildman–Crippen MR) is 79.2 cm³/mol. The Morgan fingerprint density at radius 3 is 2.58 bits per heavy atom. The molecule has 0 aromatic heterocycles. The van der Waals surface area contributed by atoms with E-state index in [1.807, 2.05) is 11.8 Å². The molecule has 110 valence electrons. The van der Waals surface area contributed by atoms with Crippen molar-refractivity contribution in [1.82, 2.24) is 5.32 Å². The predicted octanol–water partition coefficient (Wildman–Crippen LogP) is 1.53. The molecule has 19 heavy (non-hydrogen) atoms. The molecule has 2 rings (SSSR count). The van der Waals surface area contributed by atoms with Crippen LogP contribution in [0.5, 0.6) is 0 Å². The summed E-state index contributed by atoms with van der Waals surface area (Å²) in [6.07, 6.45) is 5.49. The molecular formula is C14H26N2O2S. The Balaban J connectivity index is 1.93. The summed E-state index contributed by atoms with van der Waals surface area (Å²) in [5.74, 6) is 1.10. The van der Waals surface area contributed by atoms with Gasteiger partial charge in [-0.05, 0) is 44.6 Å². The standard InChI is InChI=1S/C14H26N2O2S/c1-2-7-16-14(13(15)17,11-3-4-11)10-19-12-5-8-18-9-6-12/h11-12,16H,2-10H2,1H3,(H2,15,17). The fourth-order valence-electron chi connectivity index (χ4n) is 2.69. The SMILES string of the molecule is CCCNC(CSC1CCOCC1)(C(N)=O)C1CC1. The summed E-state index contributed by atoms with van der Waals surface area (Å²) >= 11 is 1.91. The van der Waals surface area contributed by atoms with Gasteiger partial charge in [0.1, 0.15) is 5.54 Å². The van der Waals surface area contributed by atoms with Crippen LogP contribution in [0, 0.1) is 5.92 Å². The Labute approximate surface area is 120 Å². The number of ether oxygens (including phenoxy) is 1. The highest BCUT2D eigenvalue weighted by molar-refractivity contribution is 8.00. The van der Waals surface area contributed by atoms with Gasteiger partial charge in [0.2, 0.25) is 5.91 Å². The number of rotatable bonds is 8. The van der Waals surface area contributed by atoms with Gasteiger partial charge in [-0.1, -0.05) is 6.92 Å². The number of nitrogens with one attached hydrogen (secondary N) is 1. The normalized spacial score (nSPS) is 24.1. The molecule has 1 aliphatic carbocycles. The number of amides is 1. The van der Waals surface area contributed by atoms with Crippen LogP contribution in [-0.4, -0.2) is 42.2 Å². The molecule has 1 heterocycles. The van der Waals surface area contributed by atoms with Crippen LogP contribution >= 0.6 is 11.8 Å². The highest BCUT2D eigenvalue weighted by Crippen LogP contribution is 2.42. The Morgan fingerprint density at radius 2 is 2.05 bits per heavy atom. The third-order valence-electron chi connectivity index (χ3n) is 4.12. The van der Waals surface area contributed by atoms with Crippen LogP contribution in [0.15, 0.2) is 0 Å². The minimum absolute atomic E-state index is 0.164. The van der Waals surface area contributed by atoms with E-state index in [-0.39, 0.29) is 5.91 Å². The molecular weight excluding hydrogens is 260 g/mol. The molecule has 1 aliphatic heterocycles. The summed E-state index contributed by atoms with van der Waals surface area (Å²) in [6, 6.07) is 0. The maximum absolute atomic E-state index is 12.0. The zero-order valence-electron chi connectivity index (χ0n) is 11.8. The van der Waals surface area contributed by atoms with Crippen LogP contribution in [-0.2, 0) is 9.53 Å². The van der Waals surface area contributed by atoms with Gasteiger partial charge in [-0.15, -0.1) is 0 Å². The zero-order valence-corrected chi connectivity index (χ0v) is 12.6. The van der Waals surface area contributed by atoms with E-state index in [1.54, 1.807) is 0 Å². The molecule has 1 unspecified atom stereocenters. The van der Waals surface area contributed by atoms with Gasteiger partial charge in [0, 0.05) is 24.2 Å². The summed E-state index contributed by atoms with van der Waals surface area (Å²) in [5, 5.41) is 4.08. The number of carbonyl (C=O) groups excluding carboxylic acids is 1. The third-order valence-corrected chi connectivity index (χ3v) is 5.68. The molecule has 3 N–H and O–H groups in total. The molecule has 0 bridgehead atoms. The van der Waals surface area contributed by atoms with E-state index in [2.05, 4.69) is 12.2 Å². The van der Waals surface area contributed by atoms with Gasteiger partial charge in [0.05, 0.1) is 0 Å². The lowest BCUT2D eigenvalue weighted by Crippen LogP contribution is -2.59. The quantitative estimate of drug-likeness (QED) is 0.710. The van der Waals surface area contributed by atoms with Crippen molar-refractivity contribution in [2.75, 3.05) is 25.5 Å². The lowest BCUT2D eigenvalue weighted by atomic mass is 9.94. The molecule has 0 aromatic rings. The minimum Gasteiger partial charge on any atom is -0.381 e. The van der Waals surface area contributed by atoms with Gasteiger partial charge in [-0.2, -0.15) is 11.8 Å². The van der Waals surface area contributed by atoms with Crippen LogP contribution < -0.4 is 11.1 Å². The first-order valence-electron chi connectivity index (χ1n) is 7.43. The van der Waals surface area contributed by atoms with Crippen molar-refractivity contribution in [1.29, 1.82) is 0 Å². The molecule has 0 spiro atoms. The summed E-state index contributed by atoms with van der Waals surface area (Å²) in [6.45, 7) is 4.70. The Morgan fingerprint density at radius 1 is 1.37 bits per heavy atom. The number of primary amides is 1. The second-order valence-corrected chi connectivity index (χ2v) is 6.95. The van der Waals surface area contributed by atoms with Gasteiger partial charge in [-0.3, -0.25) is 4.79 Å². The van der Waals surface area contributed by atoms with E-state index in [9.17, 15) is 4.79 Å². The fraction of sp³-hybridized carbons (Fsp3) is 0.929. The Hall–Kier alpha value is -0.260. The van der Waals surface area contributed by atoms with E-state index in [0.29, 0.717) is 11.2 Å². The molecule has 1 saturated carbocycles. The van der Waals surface area contributed by atoms with Crippen LogP contribution in [0.25, 0.3) is 0 Å².